The van der Waals surface area contributed by atoms with Crippen molar-refractivity contribution in [1.82, 2.24) is 0 Å². The largest absolute Gasteiger partial charge is 0.228 e. The molecule has 0 radical (unpaired) electrons. The summed E-state index contributed by atoms with van der Waals surface area (Å²) in [5, 5.41) is 4.88. The molecule has 0 aromatic heterocycles. The lowest BCUT2D eigenvalue weighted by Gasteiger charge is -2.18. The van der Waals surface area contributed by atoms with Gasteiger partial charge in [-0.05, 0) is 69.0 Å². The van der Waals surface area contributed by atoms with Gasteiger partial charge >= 0.3 is 0 Å². The maximum absolute atomic E-state index is 4.72. The fourth-order valence-corrected chi connectivity index (χ4v) is 4.05. The lowest BCUT2D eigenvalue weighted by molar-refractivity contribution is 1.08. The van der Waals surface area contributed by atoms with Crippen molar-refractivity contribution in [3.8, 4) is 0 Å². The first kappa shape index (κ1) is 23.4. The van der Waals surface area contributed by atoms with E-state index in [0.717, 1.165) is 33.4 Å². The van der Waals surface area contributed by atoms with E-state index in [1.807, 2.05) is 12.1 Å². The molecule has 164 valence electrons. The highest BCUT2D eigenvalue weighted by atomic mass is 32.1. The number of benzene rings is 4. The Kier molecular flexibility index (Phi) is 8.18. The molecule has 0 N–H and O–H groups in total. The molecule has 0 saturated heterocycles. The highest BCUT2D eigenvalue weighted by Gasteiger charge is 2.16. The third-order valence-corrected chi connectivity index (χ3v) is 5.77. The Labute approximate surface area is 211 Å². The van der Waals surface area contributed by atoms with Crippen LogP contribution in [0.15, 0.2) is 119 Å². The van der Waals surface area contributed by atoms with Crippen LogP contribution >= 0.6 is 24.4 Å². The van der Waals surface area contributed by atoms with Crippen molar-refractivity contribution < 1.29 is 0 Å². The van der Waals surface area contributed by atoms with Crippen LogP contribution in [0.25, 0.3) is 11.1 Å². The SMILES string of the molecule is S=C=NCc1ccc(/C(=C(\c2ccccc2)c2ccc(CN=C=S)cc2)c2ccccc2)cc1. The third-order valence-electron chi connectivity index (χ3n) is 5.51. The molecule has 0 unspecified atom stereocenters. The molecule has 34 heavy (non-hydrogen) atoms. The van der Waals surface area contributed by atoms with Gasteiger partial charge in [0, 0.05) is 0 Å². The average Bonchev–Trinajstić information content (AvgIpc) is 2.91. The number of nitrogens with zero attached hydrogens (tertiary/aromatic N) is 2. The Balaban J connectivity index is 1.95. The molecule has 0 spiro atoms. The second kappa shape index (κ2) is 11.9. The van der Waals surface area contributed by atoms with E-state index in [1.165, 1.54) is 11.1 Å². The van der Waals surface area contributed by atoms with Crippen molar-refractivity contribution in [3.05, 3.63) is 143 Å². The molecule has 2 nitrogen and oxygen atoms in total. The van der Waals surface area contributed by atoms with Gasteiger partial charge in [0.15, 0.2) is 0 Å². The summed E-state index contributed by atoms with van der Waals surface area (Å²) in [5.74, 6) is 0. The van der Waals surface area contributed by atoms with Gasteiger partial charge in [-0.3, -0.25) is 0 Å². The van der Waals surface area contributed by atoms with E-state index in [4.69, 9.17) is 24.4 Å². The standard InChI is InChI=1S/C30H22N2S2/c33-21-31-19-23-11-15-27(16-12-23)29(25-7-3-1-4-8-25)30(26-9-5-2-6-10-26)28-17-13-24(14-18-28)20-32-22-34/h1-18H,19-20H2/b30-29+. The molecular weight excluding hydrogens is 452 g/mol. The summed E-state index contributed by atoms with van der Waals surface area (Å²) >= 11 is 9.44. The monoisotopic (exact) mass is 474 g/mol. The van der Waals surface area contributed by atoms with Gasteiger partial charge in [-0.25, -0.2) is 9.98 Å². The molecular formula is C30H22N2S2. The average molecular weight is 475 g/mol. The first-order valence-electron chi connectivity index (χ1n) is 10.9. The maximum atomic E-state index is 4.72. The Bertz CT molecular complexity index is 1250. The normalized spacial score (nSPS) is 11.1. The second-order valence-corrected chi connectivity index (χ2v) is 8.06. The molecule has 0 heterocycles. The van der Waals surface area contributed by atoms with Crippen LogP contribution in [0.3, 0.4) is 0 Å². The fourth-order valence-electron chi connectivity index (χ4n) is 3.92. The molecule has 4 rings (SSSR count). The van der Waals surface area contributed by atoms with Crippen molar-refractivity contribution >= 4 is 45.9 Å². The zero-order chi connectivity index (χ0) is 23.6. The molecule has 0 aliphatic heterocycles. The van der Waals surface area contributed by atoms with E-state index in [0.29, 0.717) is 13.1 Å². The van der Waals surface area contributed by atoms with Crippen LogP contribution in [0.1, 0.15) is 33.4 Å². The van der Waals surface area contributed by atoms with E-state index in [2.05, 4.69) is 117 Å². The number of rotatable bonds is 8. The number of hydrogen-bond donors (Lipinski definition) is 0. The van der Waals surface area contributed by atoms with Gasteiger partial charge in [0.25, 0.3) is 0 Å². The maximum Gasteiger partial charge on any atom is 0.0743 e. The van der Waals surface area contributed by atoms with Crippen LogP contribution in [0.5, 0.6) is 0 Å². The molecule has 4 heteroatoms. The minimum atomic E-state index is 0.533. The van der Waals surface area contributed by atoms with E-state index >= 15 is 0 Å². The Morgan fingerprint density at radius 1 is 0.471 bits per heavy atom. The molecule has 0 amide bonds. The number of isothiocyanates is 2. The molecule has 0 fully saturated rings. The predicted molar refractivity (Wildman–Crippen MR) is 148 cm³/mol. The highest BCUT2D eigenvalue weighted by molar-refractivity contribution is 7.78. The van der Waals surface area contributed by atoms with Crippen LogP contribution in [0.4, 0.5) is 0 Å². The molecule has 0 saturated carbocycles. The molecule has 0 bridgehead atoms. The van der Waals surface area contributed by atoms with Crippen molar-refractivity contribution in [2.24, 2.45) is 9.98 Å². The van der Waals surface area contributed by atoms with Gasteiger partial charge < -0.3 is 0 Å². The predicted octanol–water partition coefficient (Wildman–Crippen LogP) is 7.90. The van der Waals surface area contributed by atoms with Crippen LogP contribution in [0, 0.1) is 0 Å². The van der Waals surface area contributed by atoms with Crippen LogP contribution in [-0.2, 0) is 13.1 Å². The minimum absolute atomic E-state index is 0.533. The highest BCUT2D eigenvalue weighted by Crippen LogP contribution is 2.37. The van der Waals surface area contributed by atoms with E-state index < -0.39 is 0 Å². The van der Waals surface area contributed by atoms with Crippen LogP contribution < -0.4 is 0 Å². The van der Waals surface area contributed by atoms with Gasteiger partial charge in [0.1, 0.15) is 0 Å². The summed E-state index contributed by atoms with van der Waals surface area (Å²) in [6.45, 7) is 1.07. The summed E-state index contributed by atoms with van der Waals surface area (Å²) in [6, 6.07) is 38.0. The summed E-state index contributed by atoms with van der Waals surface area (Å²) in [7, 11) is 0. The zero-order valence-corrected chi connectivity index (χ0v) is 20.2. The van der Waals surface area contributed by atoms with Gasteiger partial charge in [0.2, 0.25) is 0 Å². The van der Waals surface area contributed by atoms with E-state index in [-0.39, 0.29) is 0 Å². The fraction of sp³-hybridized carbons (Fsp3) is 0.0667. The van der Waals surface area contributed by atoms with E-state index in [1.54, 1.807) is 0 Å². The summed E-state index contributed by atoms with van der Waals surface area (Å²) in [6.07, 6.45) is 0. The number of aliphatic imine (C=N–C) groups is 2. The molecule has 4 aromatic carbocycles. The Morgan fingerprint density at radius 2 is 0.794 bits per heavy atom. The van der Waals surface area contributed by atoms with Crippen molar-refractivity contribution in [3.63, 3.8) is 0 Å². The zero-order valence-electron chi connectivity index (χ0n) is 18.5. The first-order valence-corrected chi connectivity index (χ1v) is 11.7. The lowest BCUT2D eigenvalue weighted by Crippen LogP contribution is -1.98. The number of hydrogen-bond acceptors (Lipinski definition) is 4. The molecule has 4 aromatic rings. The van der Waals surface area contributed by atoms with Crippen molar-refractivity contribution in [2.75, 3.05) is 0 Å². The van der Waals surface area contributed by atoms with Crippen molar-refractivity contribution in [1.29, 1.82) is 0 Å². The number of thiocarbonyl (C=S) groups is 2. The van der Waals surface area contributed by atoms with Gasteiger partial charge in [0.05, 0.1) is 23.4 Å². The summed E-state index contributed by atoms with van der Waals surface area (Å²) < 4.78 is 0. The minimum Gasteiger partial charge on any atom is -0.228 e. The second-order valence-electron chi connectivity index (χ2n) is 7.69. The van der Waals surface area contributed by atoms with Crippen LogP contribution in [0.2, 0.25) is 0 Å². The van der Waals surface area contributed by atoms with Gasteiger partial charge in [-0.2, -0.15) is 0 Å². The lowest BCUT2D eigenvalue weighted by atomic mass is 9.85. The quantitative estimate of drug-likeness (QED) is 0.147. The Hall–Kier alpha value is -3.78. The van der Waals surface area contributed by atoms with Crippen molar-refractivity contribution in [2.45, 2.75) is 13.1 Å². The molecule has 0 aliphatic rings. The first-order chi connectivity index (χ1) is 16.8. The van der Waals surface area contributed by atoms with E-state index in [9.17, 15) is 0 Å². The summed E-state index contributed by atoms with van der Waals surface area (Å²) in [5.41, 5.74) is 9.10. The summed E-state index contributed by atoms with van der Waals surface area (Å²) in [4.78, 5) is 8.14. The smallest absolute Gasteiger partial charge is 0.0743 e. The Morgan fingerprint density at radius 3 is 1.12 bits per heavy atom. The van der Waals surface area contributed by atoms with Crippen LogP contribution in [-0.4, -0.2) is 10.3 Å². The van der Waals surface area contributed by atoms with Gasteiger partial charge in [-0.1, -0.05) is 109 Å². The molecule has 0 atom stereocenters. The topological polar surface area (TPSA) is 24.7 Å². The third kappa shape index (κ3) is 5.77. The molecule has 0 aliphatic carbocycles. The van der Waals surface area contributed by atoms with Gasteiger partial charge in [-0.15, -0.1) is 0 Å².